The number of nitrogens with zero attached hydrogens (tertiary/aromatic N) is 1. The molecule has 2 aromatic carbocycles. The van der Waals surface area contributed by atoms with Gasteiger partial charge in [0.2, 0.25) is 0 Å². The number of aryl methyl sites for hydroxylation is 1. The Kier molecular flexibility index (Phi) is 7.46. The minimum absolute atomic E-state index is 0.143. The molecule has 0 aliphatic rings. The summed E-state index contributed by atoms with van der Waals surface area (Å²) in [5.74, 6) is 0. The lowest BCUT2D eigenvalue weighted by atomic mass is 10.1. The van der Waals surface area contributed by atoms with E-state index in [1.807, 2.05) is 24.3 Å². The summed E-state index contributed by atoms with van der Waals surface area (Å²) >= 11 is 1.72. The molecule has 3 aromatic rings. The summed E-state index contributed by atoms with van der Waals surface area (Å²) in [7, 11) is 0. The second-order valence-corrected chi connectivity index (χ2v) is 8.59. The van der Waals surface area contributed by atoms with E-state index in [-0.39, 0.29) is 5.43 Å². The number of hydrogen-bond acceptors (Lipinski definition) is 4. The molecule has 1 aromatic heterocycles. The number of benzene rings is 2. The molecule has 0 spiro atoms. The van der Waals surface area contributed by atoms with Gasteiger partial charge in [0.05, 0.1) is 5.39 Å². The van der Waals surface area contributed by atoms with E-state index in [4.69, 9.17) is 0 Å². The fraction of sp³-hybridized carbons (Fsp3) is 0.458. The molecule has 28 heavy (non-hydrogen) atoms. The van der Waals surface area contributed by atoms with E-state index in [2.05, 4.69) is 43.1 Å². The fourth-order valence-electron chi connectivity index (χ4n) is 3.63. The van der Waals surface area contributed by atoms with E-state index in [0.717, 1.165) is 52.0 Å². The molecule has 0 fully saturated rings. The zero-order valence-electron chi connectivity index (χ0n) is 17.4. The van der Waals surface area contributed by atoms with E-state index in [9.17, 15) is 4.79 Å². The van der Waals surface area contributed by atoms with Crippen molar-refractivity contribution in [2.45, 2.75) is 46.5 Å². The molecule has 0 amide bonds. The van der Waals surface area contributed by atoms with Gasteiger partial charge in [-0.2, -0.15) is 0 Å². The SMILES string of the molecule is CCCCN(CCCC)CCNc1ccc(C)c2sc3ccccc3c(=O)c12. The molecule has 4 heteroatoms. The lowest BCUT2D eigenvalue weighted by Crippen LogP contribution is -2.31. The van der Waals surface area contributed by atoms with E-state index < -0.39 is 0 Å². The lowest BCUT2D eigenvalue weighted by Gasteiger charge is -2.22. The Balaban J connectivity index is 1.84. The molecule has 0 radical (unpaired) electrons. The van der Waals surface area contributed by atoms with Crippen molar-refractivity contribution in [3.63, 3.8) is 0 Å². The topological polar surface area (TPSA) is 32.3 Å². The maximum atomic E-state index is 13.2. The molecule has 0 saturated heterocycles. The van der Waals surface area contributed by atoms with Gasteiger partial charge in [0, 0.05) is 33.6 Å². The van der Waals surface area contributed by atoms with Crippen LogP contribution in [0.5, 0.6) is 0 Å². The van der Waals surface area contributed by atoms with Crippen molar-refractivity contribution in [1.82, 2.24) is 4.90 Å². The van der Waals surface area contributed by atoms with Crippen LogP contribution in [-0.2, 0) is 0 Å². The van der Waals surface area contributed by atoms with Gasteiger partial charge >= 0.3 is 0 Å². The van der Waals surface area contributed by atoms with Crippen LogP contribution in [0.1, 0.15) is 45.1 Å². The summed E-state index contributed by atoms with van der Waals surface area (Å²) in [6.45, 7) is 10.8. The van der Waals surface area contributed by atoms with E-state index in [1.165, 1.54) is 31.2 Å². The van der Waals surface area contributed by atoms with Crippen molar-refractivity contribution in [2.24, 2.45) is 0 Å². The van der Waals surface area contributed by atoms with Crippen molar-refractivity contribution < 1.29 is 0 Å². The molecule has 0 bridgehead atoms. The molecule has 0 unspecified atom stereocenters. The van der Waals surface area contributed by atoms with Crippen molar-refractivity contribution in [3.8, 4) is 0 Å². The first-order valence-corrected chi connectivity index (χ1v) is 11.4. The molecular weight excluding hydrogens is 364 g/mol. The summed E-state index contributed by atoms with van der Waals surface area (Å²) in [6.07, 6.45) is 4.95. The molecular formula is C24H32N2OS. The average Bonchev–Trinajstić information content (AvgIpc) is 2.71. The quantitative estimate of drug-likeness (QED) is 0.424. The Hall–Kier alpha value is -1.91. The maximum Gasteiger partial charge on any atom is 0.197 e. The van der Waals surface area contributed by atoms with Crippen molar-refractivity contribution >= 4 is 37.2 Å². The summed E-state index contributed by atoms with van der Waals surface area (Å²) in [4.78, 5) is 15.7. The predicted octanol–water partition coefficient (Wildman–Crippen LogP) is 6.04. The third-order valence-electron chi connectivity index (χ3n) is 5.32. The minimum Gasteiger partial charge on any atom is -0.383 e. The van der Waals surface area contributed by atoms with Gasteiger partial charge in [-0.05, 0) is 56.6 Å². The second-order valence-electron chi connectivity index (χ2n) is 7.54. The largest absolute Gasteiger partial charge is 0.383 e. The van der Waals surface area contributed by atoms with Gasteiger partial charge in [-0.1, -0.05) is 44.9 Å². The van der Waals surface area contributed by atoms with Gasteiger partial charge in [0.25, 0.3) is 0 Å². The Morgan fingerprint density at radius 1 is 0.964 bits per heavy atom. The van der Waals surface area contributed by atoms with Gasteiger partial charge < -0.3 is 10.2 Å². The molecule has 0 saturated carbocycles. The number of hydrogen-bond donors (Lipinski definition) is 1. The number of rotatable bonds is 10. The zero-order valence-corrected chi connectivity index (χ0v) is 18.2. The highest BCUT2D eigenvalue weighted by Gasteiger charge is 2.12. The van der Waals surface area contributed by atoms with Crippen LogP contribution in [0.25, 0.3) is 20.2 Å². The van der Waals surface area contributed by atoms with E-state index in [0.29, 0.717) is 0 Å². The summed E-state index contributed by atoms with van der Waals surface area (Å²) in [6, 6.07) is 12.1. The first-order chi connectivity index (χ1) is 13.7. The molecule has 1 heterocycles. The molecule has 0 atom stereocenters. The monoisotopic (exact) mass is 396 g/mol. The van der Waals surface area contributed by atoms with Crippen LogP contribution in [0.4, 0.5) is 5.69 Å². The van der Waals surface area contributed by atoms with E-state index >= 15 is 0 Å². The number of anilines is 1. The van der Waals surface area contributed by atoms with Crippen LogP contribution in [0, 0.1) is 6.92 Å². The predicted molar refractivity (Wildman–Crippen MR) is 125 cm³/mol. The van der Waals surface area contributed by atoms with Gasteiger partial charge in [0.15, 0.2) is 5.43 Å². The number of fused-ring (bicyclic) bond motifs is 2. The van der Waals surface area contributed by atoms with Crippen LogP contribution in [-0.4, -0.2) is 31.1 Å². The van der Waals surface area contributed by atoms with Crippen LogP contribution < -0.4 is 10.7 Å². The number of unbranched alkanes of at least 4 members (excludes halogenated alkanes) is 2. The lowest BCUT2D eigenvalue weighted by molar-refractivity contribution is 0.275. The van der Waals surface area contributed by atoms with Gasteiger partial charge in [-0.25, -0.2) is 0 Å². The third kappa shape index (κ3) is 4.73. The highest BCUT2D eigenvalue weighted by Crippen LogP contribution is 2.31. The average molecular weight is 397 g/mol. The first kappa shape index (κ1) is 20.8. The molecule has 0 aliphatic heterocycles. The normalized spacial score (nSPS) is 11.6. The van der Waals surface area contributed by atoms with Crippen LogP contribution >= 0.6 is 11.3 Å². The van der Waals surface area contributed by atoms with Crippen molar-refractivity contribution in [3.05, 3.63) is 52.2 Å². The summed E-state index contributed by atoms with van der Waals surface area (Å²) < 4.78 is 2.16. The Labute approximate surface area is 172 Å². The molecule has 3 nitrogen and oxygen atoms in total. The zero-order chi connectivity index (χ0) is 19.9. The van der Waals surface area contributed by atoms with Gasteiger partial charge in [-0.3, -0.25) is 4.79 Å². The molecule has 0 aliphatic carbocycles. The highest BCUT2D eigenvalue weighted by molar-refractivity contribution is 7.24. The van der Waals surface area contributed by atoms with Crippen LogP contribution in [0.2, 0.25) is 0 Å². The summed E-state index contributed by atoms with van der Waals surface area (Å²) in [5.41, 5.74) is 2.28. The molecule has 150 valence electrons. The number of nitrogens with one attached hydrogen (secondary N) is 1. The van der Waals surface area contributed by atoms with Crippen molar-refractivity contribution in [1.29, 1.82) is 0 Å². The van der Waals surface area contributed by atoms with E-state index in [1.54, 1.807) is 11.3 Å². The highest BCUT2D eigenvalue weighted by atomic mass is 32.1. The Morgan fingerprint density at radius 2 is 1.68 bits per heavy atom. The third-order valence-corrected chi connectivity index (χ3v) is 6.63. The molecule has 3 rings (SSSR count). The minimum atomic E-state index is 0.143. The Morgan fingerprint density at radius 3 is 2.39 bits per heavy atom. The Bertz CT molecular complexity index is 971. The van der Waals surface area contributed by atoms with Crippen LogP contribution in [0.15, 0.2) is 41.2 Å². The standard InChI is InChI=1S/C24H32N2OS/c1-4-6-15-26(16-7-5-2)17-14-25-20-13-12-18(3)24-22(20)23(27)19-10-8-9-11-21(19)28-24/h8-13,25H,4-7,14-17H2,1-3H3. The summed E-state index contributed by atoms with van der Waals surface area (Å²) in [5, 5.41) is 5.23. The van der Waals surface area contributed by atoms with Gasteiger partial charge in [-0.15, -0.1) is 11.3 Å². The first-order valence-electron chi connectivity index (χ1n) is 10.6. The maximum absolute atomic E-state index is 13.2. The smallest absolute Gasteiger partial charge is 0.197 e. The second kappa shape index (κ2) is 10.0. The fourth-order valence-corrected chi connectivity index (χ4v) is 4.80. The van der Waals surface area contributed by atoms with Crippen molar-refractivity contribution in [2.75, 3.05) is 31.5 Å². The van der Waals surface area contributed by atoms with Crippen LogP contribution in [0.3, 0.4) is 0 Å². The van der Waals surface area contributed by atoms with Gasteiger partial charge in [0.1, 0.15) is 0 Å². The molecule has 1 N–H and O–H groups in total.